The van der Waals surface area contributed by atoms with Crippen molar-refractivity contribution in [1.29, 1.82) is 0 Å². The van der Waals surface area contributed by atoms with E-state index in [1.807, 2.05) is 18.2 Å². The first-order valence-corrected chi connectivity index (χ1v) is 9.10. The Labute approximate surface area is 149 Å². The number of sulfonamides is 1. The number of para-hydroxylation sites is 2. The normalized spacial score (nSPS) is 12.9. The SMILES string of the molecule is CC(NS(=O)(=O)c1cccc(Cl)c1O)c1nnnn1-c1ccccc1. The van der Waals surface area contributed by atoms with Crippen LogP contribution in [0.3, 0.4) is 0 Å². The average molecular weight is 380 g/mol. The van der Waals surface area contributed by atoms with Crippen LogP contribution in [-0.4, -0.2) is 33.7 Å². The van der Waals surface area contributed by atoms with Gasteiger partial charge in [-0.2, -0.15) is 4.68 Å². The lowest BCUT2D eigenvalue weighted by molar-refractivity contribution is 0.457. The van der Waals surface area contributed by atoms with Gasteiger partial charge < -0.3 is 5.11 Å². The van der Waals surface area contributed by atoms with Crippen LogP contribution in [-0.2, 0) is 10.0 Å². The van der Waals surface area contributed by atoms with Crippen molar-refractivity contribution in [2.75, 3.05) is 0 Å². The highest BCUT2D eigenvalue weighted by atomic mass is 35.5. The summed E-state index contributed by atoms with van der Waals surface area (Å²) < 4.78 is 29.0. The summed E-state index contributed by atoms with van der Waals surface area (Å²) in [6, 6.07) is 12.4. The number of hydrogen-bond donors (Lipinski definition) is 2. The van der Waals surface area contributed by atoms with Crippen LogP contribution in [0.2, 0.25) is 5.02 Å². The van der Waals surface area contributed by atoms with Crippen molar-refractivity contribution in [3.63, 3.8) is 0 Å². The lowest BCUT2D eigenvalue weighted by Crippen LogP contribution is -2.29. The Balaban J connectivity index is 1.92. The molecule has 3 rings (SSSR count). The molecule has 1 heterocycles. The lowest BCUT2D eigenvalue weighted by atomic mass is 10.3. The quantitative estimate of drug-likeness (QED) is 0.702. The van der Waals surface area contributed by atoms with Crippen LogP contribution in [0.15, 0.2) is 53.4 Å². The molecule has 0 saturated heterocycles. The Morgan fingerprint density at radius 2 is 1.88 bits per heavy atom. The summed E-state index contributed by atoms with van der Waals surface area (Å²) in [5.74, 6) is -0.206. The van der Waals surface area contributed by atoms with Gasteiger partial charge in [-0.25, -0.2) is 13.1 Å². The molecule has 0 aliphatic heterocycles. The van der Waals surface area contributed by atoms with Gasteiger partial charge in [-0.1, -0.05) is 35.9 Å². The van der Waals surface area contributed by atoms with Gasteiger partial charge in [0, 0.05) is 0 Å². The van der Waals surface area contributed by atoms with E-state index in [9.17, 15) is 13.5 Å². The van der Waals surface area contributed by atoms with Crippen LogP contribution in [0.4, 0.5) is 0 Å². The van der Waals surface area contributed by atoms with Crippen molar-refractivity contribution in [3.8, 4) is 11.4 Å². The average Bonchev–Trinajstić information content (AvgIpc) is 3.07. The van der Waals surface area contributed by atoms with Gasteiger partial charge in [0.1, 0.15) is 4.90 Å². The third-order valence-electron chi connectivity index (χ3n) is 3.45. The van der Waals surface area contributed by atoms with Crippen LogP contribution in [0.5, 0.6) is 5.75 Å². The molecule has 0 aliphatic carbocycles. The van der Waals surface area contributed by atoms with Crippen molar-refractivity contribution in [2.45, 2.75) is 17.9 Å². The molecule has 2 N–H and O–H groups in total. The second kappa shape index (κ2) is 6.79. The number of benzene rings is 2. The predicted octanol–water partition coefficient (Wildman–Crippen LogP) is 2.06. The van der Waals surface area contributed by atoms with Crippen LogP contribution in [0.1, 0.15) is 18.8 Å². The van der Waals surface area contributed by atoms with E-state index >= 15 is 0 Å². The number of hydrogen-bond acceptors (Lipinski definition) is 6. The van der Waals surface area contributed by atoms with E-state index in [0.29, 0.717) is 11.5 Å². The van der Waals surface area contributed by atoms with Crippen molar-refractivity contribution >= 4 is 21.6 Å². The molecule has 25 heavy (non-hydrogen) atoms. The highest BCUT2D eigenvalue weighted by Crippen LogP contribution is 2.31. The zero-order chi connectivity index (χ0) is 18.0. The molecule has 0 fully saturated rings. The maximum absolute atomic E-state index is 12.6. The van der Waals surface area contributed by atoms with Gasteiger partial charge in [0.15, 0.2) is 11.6 Å². The van der Waals surface area contributed by atoms with E-state index in [4.69, 9.17) is 11.6 Å². The Hall–Kier alpha value is -2.49. The van der Waals surface area contributed by atoms with Gasteiger partial charge in [0.2, 0.25) is 10.0 Å². The van der Waals surface area contributed by atoms with E-state index in [-0.39, 0.29) is 9.92 Å². The summed E-state index contributed by atoms with van der Waals surface area (Å²) >= 11 is 5.78. The van der Waals surface area contributed by atoms with E-state index in [2.05, 4.69) is 20.2 Å². The van der Waals surface area contributed by atoms with Gasteiger partial charge in [0.05, 0.1) is 16.8 Å². The molecule has 130 valence electrons. The topological polar surface area (TPSA) is 110 Å². The third-order valence-corrected chi connectivity index (χ3v) is 5.33. The molecule has 10 heteroatoms. The fourth-order valence-corrected chi connectivity index (χ4v) is 3.83. The van der Waals surface area contributed by atoms with E-state index in [0.717, 1.165) is 0 Å². The minimum atomic E-state index is -4.03. The molecular weight excluding hydrogens is 366 g/mol. The number of aromatic hydroxyl groups is 1. The highest BCUT2D eigenvalue weighted by molar-refractivity contribution is 7.89. The van der Waals surface area contributed by atoms with Crippen molar-refractivity contribution in [1.82, 2.24) is 24.9 Å². The number of nitrogens with zero attached hydrogens (tertiary/aromatic N) is 4. The second-order valence-electron chi connectivity index (χ2n) is 5.21. The van der Waals surface area contributed by atoms with Crippen LogP contribution < -0.4 is 4.72 Å². The number of tetrazole rings is 1. The predicted molar refractivity (Wildman–Crippen MR) is 91.0 cm³/mol. The number of nitrogens with one attached hydrogen (secondary N) is 1. The molecule has 0 saturated carbocycles. The molecular formula is C15H14ClN5O3S. The fraction of sp³-hybridized carbons (Fsp3) is 0.133. The van der Waals surface area contributed by atoms with Crippen molar-refractivity contribution < 1.29 is 13.5 Å². The second-order valence-corrected chi connectivity index (χ2v) is 7.30. The zero-order valence-corrected chi connectivity index (χ0v) is 14.6. The largest absolute Gasteiger partial charge is 0.505 e. The molecule has 0 spiro atoms. The molecule has 8 nitrogen and oxygen atoms in total. The summed E-state index contributed by atoms with van der Waals surface area (Å²) in [4.78, 5) is -0.314. The summed E-state index contributed by atoms with van der Waals surface area (Å²) in [5, 5.41) is 21.3. The molecule has 0 bridgehead atoms. The van der Waals surface area contributed by atoms with Crippen LogP contribution in [0, 0.1) is 0 Å². The van der Waals surface area contributed by atoms with Gasteiger partial charge in [-0.15, -0.1) is 5.10 Å². The molecule has 2 aromatic carbocycles. The lowest BCUT2D eigenvalue weighted by Gasteiger charge is -2.15. The number of rotatable bonds is 5. The number of halogens is 1. The van der Waals surface area contributed by atoms with Crippen molar-refractivity contribution in [3.05, 3.63) is 59.4 Å². The molecule has 3 aromatic rings. The Kier molecular flexibility index (Phi) is 4.71. The first kappa shape index (κ1) is 17.3. The Morgan fingerprint density at radius 3 is 2.60 bits per heavy atom. The Bertz CT molecular complexity index is 991. The monoisotopic (exact) mass is 379 g/mol. The van der Waals surface area contributed by atoms with Crippen molar-refractivity contribution in [2.24, 2.45) is 0 Å². The molecule has 1 unspecified atom stereocenters. The number of aromatic nitrogens is 4. The maximum atomic E-state index is 12.6. The van der Waals surface area contributed by atoms with E-state index < -0.39 is 21.8 Å². The van der Waals surface area contributed by atoms with Gasteiger partial charge in [-0.05, 0) is 41.6 Å². The van der Waals surface area contributed by atoms with E-state index in [1.54, 1.807) is 19.1 Å². The minimum Gasteiger partial charge on any atom is -0.505 e. The van der Waals surface area contributed by atoms with E-state index in [1.165, 1.54) is 22.9 Å². The minimum absolute atomic E-state index is 0.0513. The smallest absolute Gasteiger partial charge is 0.244 e. The first-order chi connectivity index (χ1) is 11.9. The van der Waals surface area contributed by atoms with Crippen LogP contribution in [0.25, 0.3) is 5.69 Å². The number of phenolic OH excluding ortho intramolecular Hbond substituents is 1. The first-order valence-electron chi connectivity index (χ1n) is 7.23. The Morgan fingerprint density at radius 1 is 1.16 bits per heavy atom. The molecule has 1 atom stereocenters. The standard InChI is InChI=1S/C15H14ClN5O3S/c1-10(15-17-19-20-21(15)11-6-3-2-4-7-11)18-25(23,24)13-9-5-8-12(16)14(13)22/h2-10,18,22H,1H3. The third kappa shape index (κ3) is 3.48. The highest BCUT2D eigenvalue weighted by Gasteiger charge is 2.26. The maximum Gasteiger partial charge on any atom is 0.244 e. The number of phenols is 1. The molecule has 0 aliphatic rings. The summed E-state index contributed by atoms with van der Waals surface area (Å²) in [5.41, 5.74) is 0.694. The summed E-state index contributed by atoms with van der Waals surface area (Å²) in [6.07, 6.45) is 0. The fourth-order valence-electron chi connectivity index (χ4n) is 2.28. The zero-order valence-electron chi connectivity index (χ0n) is 13.0. The molecule has 0 radical (unpaired) electrons. The van der Waals surface area contributed by atoms with Gasteiger partial charge in [-0.3, -0.25) is 0 Å². The van der Waals surface area contributed by atoms with Gasteiger partial charge in [0.25, 0.3) is 0 Å². The van der Waals surface area contributed by atoms with Crippen LogP contribution >= 0.6 is 11.6 Å². The molecule has 1 aromatic heterocycles. The summed E-state index contributed by atoms with van der Waals surface area (Å²) in [7, 11) is -4.03. The summed E-state index contributed by atoms with van der Waals surface area (Å²) in [6.45, 7) is 1.60. The molecule has 0 amide bonds. The van der Waals surface area contributed by atoms with Gasteiger partial charge >= 0.3 is 0 Å².